The van der Waals surface area contributed by atoms with Gasteiger partial charge in [0.15, 0.2) is 0 Å². The molecule has 1 atom stereocenters. The van der Waals surface area contributed by atoms with E-state index in [2.05, 4.69) is 5.32 Å². The van der Waals surface area contributed by atoms with Crippen LogP contribution < -0.4 is 11.1 Å². The Hall–Kier alpha value is -1.43. The van der Waals surface area contributed by atoms with Gasteiger partial charge in [0, 0.05) is 0 Å². The summed E-state index contributed by atoms with van der Waals surface area (Å²) >= 11 is 0. The van der Waals surface area contributed by atoms with Crippen LogP contribution in [0.15, 0.2) is 0 Å². The lowest BCUT2D eigenvalue weighted by atomic mass is 9.95. The molecule has 100 valence electrons. The van der Waals surface area contributed by atoms with Crippen LogP contribution in [0.2, 0.25) is 0 Å². The number of nitrogens with one attached hydrogen (secondary N) is 1. The minimum atomic E-state index is -0.884. The molecule has 0 bridgehead atoms. The molecule has 0 radical (unpaired) electrons. The van der Waals surface area contributed by atoms with E-state index in [0.717, 1.165) is 12.8 Å². The maximum atomic E-state index is 12.5. The fourth-order valence-corrected chi connectivity index (χ4v) is 2.79. The van der Waals surface area contributed by atoms with E-state index in [9.17, 15) is 14.4 Å². The third kappa shape index (κ3) is 2.12. The molecule has 2 fully saturated rings. The highest BCUT2D eigenvalue weighted by Crippen LogP contribution is 2.30. The number of piperazine rings is 1. The lowest BCUT2D eigenvalue weighted by Crippen LogP contribution is -2.65. The first-order chi connectivity index (χ1) is 8.48. The van der Waals surface area contributed by atoms with E-state index in [4.69, 9.17) is 5.73 Å². The molecule has 3 N–H and O–H groups in total. The van der Waals surface area contributed by atoms with Crippen molar-refractivity contribution in [3.05, 3.63) is 0 Å². The summed E-state index contributed by atoms with van der Waals surface area (Å²) in [7, 11) is 0. The fraction of sp³-hybridized carbons (Fsp3) is 0.750. The molecule has 6 nitrogen and oxygen atoms in total. The van der Waals surface area contributed by atoms with E-state index in [-0.39, 0.29) is 12.5 Å². The zero-order chi connectivity index (χ0) is 13.3. The molecule has 3 amide bonds. The Morgan fingerprint density at radius 1 is 1.44 bits per heavy atom. The predicted octanol–water partition coefficient (Wildman–Crippen LogP) is -0.478. The summed E-state index contributed by atoms with van der Waals surface area (Å²) in [5.74, 6) is -1.08. The number of nitrogens with two attached hydrogens (primary N) is 1. The summed E-state index contributed by atoms with van der Waals surface area (Å²) in [6.45, 7) is 1.75. The summed E-state index contributed by atoms with van der Waals surface area (Å²) in [5.41, 5.74) is 5.22. The molecule has 2 rings (SSSR count). The van der Waals surface area contributed by atoms with Crippen LogP contribution in [0.4, 0.5) is 0 Å². The molecule has 6 heteroatoms. The SMILES string of the molecule is CCC1C(=O)NC(=O)CN1C(=O)C1(N)CCCC1. The Labute approximate surface area is 106 Å². The zero-order valence-corrected chi connectivity index (χ0v) is 10.6. The third-order valence-corrected chi connectivity index (χ3v) is 3.82. The van der Waals surface area contributed by atoms with Gasteiger partial charge in [-0.25, -0.2) is 0 Å². The lowest BCUT2D eigenvalue weighted by molar-refractivity contribution is -0.153. The summed E-state index contributed by atoms with van der Waals surface area (Å²) in [6.07, 6.45) is 3.60. The highest BCUT2D eigenvalue weighted by atomic mass is 16.2. The van der Waals surface area contributed by atoms with Crippen molar-refractivity contribution in [3.8, 4) is 0 Å². The van der Waals surface area contributed by atoms with Gasteiger partial charge in [-0.3, -0.25) is 19.7 Å². The van der Waals surface area contributed by atoms with Crippen LogP contribution in [0, 0.1) is 0 Å². The molecule has 1 saturated heterocycles. The van der Waals surface area contributed by atoms with Crippen LogP contribution in [0.1, 0.15) is 39.0 Å². The number of rotatable bonds is 2. The predicted molar refractivity (Wildman–Crippen MR) is 64.3 cm³/mol. The normalized spacial score (nSPS) is 27.2. The average Bonchev–Trinajstić information content (AvgIpc) is 2.75. The topological polar surface area (TPSA) is 92.5 Å². The molecular formula is C12H19N3O3. The summed E-state index contributed by atoms with van der Waals surface area (Å²) in [5, 5.41) is 2.26. The van der Waals surface area contributed by atoms with Crippen LogP contribution in [-0.2, 0) is 14.4 Å². The van der Waals surface area contributed by atoms with Gasteiger partial charge < -0.3 is 10.6 Å². The van der Waals surface area contributed by atoms with Crippen molar-refractivity contribution in [2.45, 2.75) is 50.6 Å². The Bertz CT molecular complexity index is 388. The van der Waals surface area contributed by atoms with Gasteiger partial charge in [0.05, 0.1) is 5.54 Å². The van der Waals surface area contributed by atoms with Crippen molar-refractivity contribution < 1.29 is 14.4 Å². The zero-order valence-electron chi connectivity index (χ0n) is 10.6. The second-order valence-electron chi connectivity index (χ2n) is 5.13. The Morgan fingerprint density at radius 2 is 2.06 bits per heavy atom. The smallest absolute Gasteiger partial charge is 0.249 e. The second kappa shape index (κ2) is 4.68. The molecule has 0 aromatic heterocycles. The molecule has 0 aromatic rings. The largest absolute Gasteiger partial charge is 0.320 e. The number of carbonyl (C=O) groups is 3. The minimum absolute atomic E-state index is 0.0674. The van der Waals surface area contributed by atoms with Crippen LogP contribution in [-0.4, -0.2) is 40.7 Å². The number of amides is 3. The molecule has 18 heavy (non-hydrogen) atoms. The monoisotopic (exact) mass is 253 g/mol. The highest BCUT2D eigenvalue weighted by Gasteiger charge is 2.45. The van der Waals surface area contributed by atoms with Crippen molar-refractivity contribution in [1.29, 1.82) is 0 Å². The summed E-state index contributed by atoms with van der Waals surface area (Å²) in [4.78, 5) is 36.9. The van der Waals surface area contributed by atoms with E-state index < -0.39 is 23.4 Å². The number of imide groups is 1. The van der Waals surface area contributed by atoms with E-state index in [1.54, 1.807) is 0 Å². The molecular weight excluding hydrogens is 234 g/mol. The minimum Gasteiger partial charge on any atom is -0.320 e. The molecule has 1 aliphatic carbocycles. The molecule has 1 heterocycles. The Morgan fingerprint density at radius 3 is 2.61 bits per heavy atom. The van der Waals surface area contributed by atoms with Crippen molar-refractivity contribution >= 4 is 17.7 Å². The van der Waals surface area contributed by atoms with Gasteiger partial charge in [-0.1, -0.05) is 19.8 Å². The standard InChI is InChI=1S/C12H19N3O3/c1-2-8-10(17)14-9(16)7-15(8)11(18)12(13)5-3-4-6-12/h8H,2-7,13H2,1H3,(H,14,16,17). The lowest BCUT2D eigenvalue weighted by Gasteiger charge is -2.38. The Balaban J connectivity index is 2.21. The average molecular weight is 253 g/mol. The van der Waals surface area contributed by atoms with Crippen molar-refractivity contribution in [2.24, 2.45) is 5.73 Å². The third-order valence-electron chi connectivity index (χ3n) is 3.82. The van der Waals surface area contributed by atoms with E-state index >= 15 is 0 Å². The maximum absolute atomic E-state index is 12.5. The van der Waals surface area contributed by atoms with Gasteiger partial charge in [-0.2, -0.15) is 0 Å². The van der Waals surface area contributed by atoms with Crippen molar-refractivity contribution in [3.63, 3.8) is 0 Å². The van der Waals surface area contributed by atoms with Crippen LogP contribution in [0.3, 0.4) is 0 Å². The Kier molecular flexibility index (Phi) is 3.38. The number of hydrogen-bond acceptors (Lipinski definition) is 4. The van der Waals surface area contributed by atoms with Gasteiger partial charge in [0.2, 0.25) is 17.7 Å². The molecule has 2 aliphatic rings. The van der Waals surface area contributed by atoms with Gasteiger partial charge in [-0.05, 0) is 19.3 Å². The van der Waals surface area contributed by atoms with E-state index in [1.165, 1.54) is 4.90 Å². The number of carbonyl (C=O) groups excluding carboxylic acids is 3. The fourth-order valence-electron chi connectivity index (χ4n) is 2.79. The van der Waals surface area contributed by atoms with Crippen molar-refractivity contribution in [2.75, 3.05) is 6.54 Å². The van der Waals surface area contributed by atoms with Crippen LogP contribution in [0.25, 0.3) is 0 Å². The molecule has 1 aliphatic heterocycles. The quantitative estimate of drug-likeness (QED) is 0.650. The first-order valence-corrected chi connectivity index (χ1v) is 6.41. The molecule has 1 unspecified atom stereocenters. The first-order valence-electron chi connectivity index (χ1n) is 6.41. The van der Waals surface area contributed by atoms with Gasteiger partial charge in [0.25, 0.3) is 0 Å². The molecule has 0 aromatic carbocycles. The van der Waals surface area contributed by atoms with Crippen LogP contribution >= 0.6 is 0 Å². The van der Waals surface area contributed by atoms with Gasteiger partial charge >= 0.3 is 0 Å². The summed E-state index contributed by atoms with van der Waals surface area (Å²) in [6, 6.07) is -0.573. The summed E-state index contributed by atoms with van der Waals surface area (Å²) < 4.78 is 0. The number of hydrogen-bond donors (Lipinski definition) is 2. The van der Waals surface area contributed by atoms with Gasteiger partial charge in [0.1, 0.15) is 12.6 Å². The maximum Gasteiger partial charge on any atom is 0.249 e. The molecule has 1 saturated carbocycles. The first kappa shape index (κ1) is 13.0. The molecule has 0 spiro atoms. The second-order valence-corrected chi connectivity index (χ2v) is 5.13. The highest BCUT2D eigenvalue weighted by molar-refractivity contribution is 6.05. The van der Waals surface area contributed by atoms with E-state index in [0.29, 0.717) is 19.3 Å². The van der Waals surface area contributed by atoms with Gasteiger partial charge in [-0.15, -0.1) is 0 Å². The number of nitrogens with zero attached hydrogens (tertiary/aromatic N) is 1. The van der Waals surface area contributed by atoms with Crippen molar-refractivity contribution in [1.82, 2.24) is 10.2 Å². The van der Waals surface area contributed by atoms with Crippen LogP contribution in [0.5, 0.6) is 0 Å². The van der Waals surface area contributed by atoms with E-state index in [1.807, 2.05) is 6.92 Å².